The van der Waals surface area contributed by atoms with E-state index in [1.54, 1.807) is 5.69 Å². The minimum absolute atomic E-state index is 0.711. The van der Waals surface area contributed by atoms with Crippen LogP contribution >= 0.6 is 0 Å². The molecule has 21 heavy (non-hydrogen) atoms. The molecule has 1 aromatic heterocycles. The van der Waals surface area contributed by atoms with Crippen LogP contribution < -0.4 is 5.32 Å². The zero-order valence-corrected chi connectivity index (χ0v) is 13.4. The van der Waals surface area contributed by atoms with Gasteiger partial charge in [-0.05, 0) is 31.6 Å². The first-order valence-corrected chi connectivity index (χ1v) is 9.17. The van der Waals surface area contributed by atoms with Gasteiger partial charge in [-0.1, -0.05) is 32.6 Å². The van der Waals surface area contributed by atoms with E-state index in [9.17, 15) is 0 Å². The van der Waals surface area contributed by atoms with Gasteiger partial charge < -0.3 is 9.88 Å². The summed E-state index contributed by atoms with van der Waals surface area (Å²) >= 11 is 0. The SMILES string of the molecule is CCC(CC1CC1)n1c(C2CCCC2)nc2c1CCNC2. The first kappa shape index (κ1) is 13.8. The van der Waals surface area contributed by atoms with Crippen molar-refractivity contribution in [2.75, 3.05) is 6.54 Å². The van der Waals surface area contributed by atoms with E-state index >= 15 is 0 Å². The second-order valence-corrected chi connectivity index (χ2v) is 7.38. The number of aromatic nitrogens is 2. The van der Waals surface area contributed by atoms with Gasteiger partial charge in [0.1, 0.15) is 5.82 Å². The van der Waals surface area contributed by atoms with Crippen LogP contribution in [0.4, 0.5) is 0 Å². The highest BCUT2D eigenvalue weighted by Gasteiger charge is 2.32. The van der Waals surface area contributed by atoms with E-state index in [0.717, 1.165) is 24.9 Å². The zero-order chi connectivity index (χ0) is 14.2. The lowest BCUT2D eigenvalue weighted by atomic mass is 10.0. The molecule has 0 saturated heterocycles. The van der Waals surface area contributed by atoms with Crippen molar-refractivity contribution in [3.05, 3.63) is 17.2 Å². The third-order valence-corrected chi connectivity index (χ3v) is 5.81. The maximum atomic E-state index is 5.13. The summed E-state index contributed by atoms with van der Waals surface area (Å²) in [6, 6.07) is 0.711. The van der Waals surface area contributed by atoms with Crippen LogP contribution in [0.1, 0.15) is 87.5 Å². The normalized spacial score (nSPS) is 24.2. The fraction of sp³-hybridized carbons (Fsp3) is 0.833. The number of rotatable bonds is 5. The van der Waals surface area contributed by atoms with Gasteiger partial charge in [0.2, 0.25) is 0 Å². The van der Waals surface area contributed by atoms with Crippen LogP contribution in [-0.4, -0.2) is 16.1 Å². The molecule has 3 aliphatic rings. The standard InChI is InChI=1S/C18H29N3/c1-2-15(11-13-7-8-13)21-17-9-10-19-12-16(17)20-18(21)14-5-3-4-6-14/h13-15,19H,2-12H2,1H3. The fourth-order valence-corrected chi connectivity index (χ4v) is 4.43. The first-order chi connectivity index (χ1) is 10.4. The molecule has 3 heteroatoms. The number of fused-ring (bicyclic) bond motifs is 1. The predicted octanol–water partition coefficient (Wildman–Crippen LogP) is 3.94. The van der Waals surface area contributed by atoms with Crippen LogP contribution in [0.15, 0.2) is 0 Å². The smallest absolute Gasteiger partial charge is 0.112 e. The summed E-state index contributed by atoms with van der Waals surface area (Å²) in [5.74, 6) is 3.20. The van der Waals surface area contributed by atoms with Gasteiger partial charge in [0.15, 0.2) is 0 Å². The van der Waals surface area contributed by atoms with Crippen LogP contribution in [0.3, 0.4) is 0 Å². The highest BCUT2D eigenvalue weighted by Crippen LogP contribution is 2.42. The quantitative estimate of drug-likeness (QED) is 0.889. The molecule has 1 aromatic rings. The summed E-state index contributed by atoms with van der Waals surface area (Å²) < 4.78 is 2.73. The van der Waals surface area contributed by atoms with Gasteiger partial charge in [0, 0.05) is 37.2 Å². The molecule has 2 fully saturated rings. The van der Waals surface area contributed by atoms with Crippen molar-refractivity contribution < 1.29 is 0 Å². The van der Waals surface area contributed by atoms with Crippen molar-refractivity contribution in [2.45, 2.75) is 83.2 Å². The molecule has 0 amide bonds. The van der Waals surface area contributed by atoms with Crippen LogP contribution in [-0.2, 0) is 13.0 Å². The molecule has 1 aliphatic heterocycles. The molecule has 3 nitrogen and oxygen atoms in total. The minimum atomic E-state index is 0.711. The van der Waals surface area contributed by atoms with E-state index < -0.39 is 0 Å². The minimum Gasteiger partial charge on any atom is -0.328 e. The third-order valence-electron chi connectivity index (χ3n) is 5.81. The van der Waals surface area contributed by atoms with Crippen LogP contribution in [0.5, 0.6) is 0 Å². The Morgan fingerprint density at radius 3 is 2.76 bits per heavy atom. The lowest BCUT2D eigenvalue weighted by Gasteiger charge is -2.25. The van der Waals surface area contributed by atoms with E-state index in [0.29, 0.717) is 6.04 Å². The van der Waals surface area contributed by atoms with Gasteiger partial charge in [0.25, 0.3) is 0 Å². The summed E-state index contributed by atoms with van der Waals surface area (Å²) in [6.45, 7) is 4.49. The summed E-state index contributed by atoms with van der Waals surface area (Å²) in [4.78, 5) is 5.13. The third kappa shape index (κ3) is 2.65. The molecule has 2 heterocycles. The van der Waals surface area contributed by atoms with Crippen LogP contribution in [0.2, 0.25) is 0 Å². The summed E-state index contributed by atoms with van der Waals surface area (Å²) in [5.41, 5.74) is 2.93. The average Bonchev–Trinajstić information content (AvgIpc) is 3.04. The van der Waals surface area contributed by atoms with Crippen molar-refractivity contribution in [3.8, 4) is 0 Å². The van der Waals surface area contributed by atoms with E-state index in [1.807, 2.05) is 0 Å². The average molecular weight is 287 g/mol. The molecule has 0 aromatic carbocycles. The molecule has 116 valence electrons. The molecule has 1 atom stereocenters. The Balaban J connectivity index is 1.71. The predicted molar refractivity (Wildman–Crippen MR) is 85.5 cm³/mol. The Kier molecular flexibility index (Phi) is 3.78. The maximum Gasteiger partial charge on any atom is 0.112 e. The van der Waals surface area contributed by atoms with E-state index in [4.69, 9.17) is 4.98 Å². The molecule has 4 rings (SSSR count). The molecule has 0 spiro atoms. The molecular weight excluding hydrogens is 258 g/mol. The lowest BCUT2D eigenvalue weighted by Crippen LogP contribution is -2.26. The Bertz CT molecular complexity index is 495. The van der Waals surface area contributed by atoms with E-state index in [2.05, 4.69) is 16.8 Å². The highest BCUT2D eigenvalue weighted by atomic mass is 15.1. The molecule has 0 radical (unpaired) electrons. The van der Waals surface area contributed by atoms with Gasteiger partial charge >= 0.3 is 0 Å². The maximum absolute atomic E-state index is 5.13. The number of hydrogen-bond acceptors (Lipinski definition) is 2. The van der Waals surface area contributed by atoms with Gasteiger partial charge in [0.05, 0.1) is 5.69 Å². The molecule has 1 unspecified atom stereocenters. The number of nitrogens with one attached hydrogen (secondary N) is 1. The van der Waals surface area contributed by atoms with Crippen LogP contribution in [0.25, 0.3) is 0 Å². The second-order valence-electron chi connectivity index (χ2n) is 7.38. The Morgan fingerprint density at radius 1 is 1.24 bits per heavy atom. The number of nitrogens with zero attached hydrogens (tertiary/aromatic N) is 2. The van der Waals surface area contributed by atoms with Gasteiger partial charge in [-0.15, -0.1) is 0 Å². The lowest BCUT2D eigenvalue weighted by molar-refractivity contribution is 0.392. The summed E-state index contributed by atoms with van der Waals surface area (Å²) in [6.07, 6.45) is 12.3. The molecular formula is C18H29N3. The van der Waals surface area contributed by atoms with Crippen LogP contribution in [0, 0.1) is 5.92 Å². The van der Waals surface area contributed by atoms with Crippen molar-refractivity contribution in [2.24, 2.45) is 5.92 Å². The molecule has 2 aliphatic carbocycles. The second kappa shape index (κ2) is 5.75. The Morgan fingerprint density at radius 2 is 2.05 bits per heavy atom. The van der Waals surface area contributed by atoms with Gasteiger partial charge in [-0.2, -0.15) is 0 Å². The van der Waals surface area contributed by atoms with Gasteiger partial charge in [-0.3, -0.25) is 0 Å². The molecule has 1 N–H and O–H groups in total. The Labute approximate surface area is 128 Å². The van der Waals surface area contributed by atoms with Gasteiger partial charge in [-0.25, -0.2) is 4.98 Å². The van der Waals surface area contributed by atoms with Crippen molar-refractivity contribution in [1.82, 2.24) is 14.9 Å². The molecule has 0 bridgehead atoms. The highest BCUT2D eigenvalue weighted by molar-refractivity contribution is 5.23. The monoisotopic (exact) mass is 287 g/mol. The van der Waals surface area contributed by atoms with Crippen molar-refractivity contribution in [1.29, 1.82) is 0 Å². The number of hydrogen-bond donors (Lipinski definition) is 1. The van der Waals surface area contributed by atoms with Crippen molar-refractivity contribution >= 4 is 0 Å². The summed E-state index contributed by atoms with van der Waals surface area (Å²) in [5, 5.41) is 3.51. The Hall–Kier alpha value is -0.830. The first-order valence-electron chi connectivity index (χ1n) is 9.17. The van der Waals surface area contributed by atoms with E-state index in [-0.39, 0.29) is 0 Å². The van der Waals surface area contributed by atoms with E-state index in [1.165, 1.54) is 69.3 Å². The largest absolute Gasteiger partial charge is 0.328 e. The number of imidazole rings is 1. The fourth-order valence-electron chi connectivity index (χ4n) is 4.43. The van der Waals surface area contributed by atoms with Crippen molar-refractivity contribution in [3.63, 3.8) is 0 Å². The zero-order valence-electron chi connectivity index (χ0n) is 13.4. The summed E-state index contributed by atoms with van der Waals surface area (Å²) in [7, 11) is 0. The topological polar surface area (TPSA) is 29.9 Å². The molecule has 2 saturated carbocycles.